The molecule has 0 aliphatic heterocycles. The maximum absolute atomic E-state index is 12.0. The van der Waals surface area contributed by atoms with E-state index in [1.165, 1.54) is 48.5 Å². The highest BCUT2D eigenvalue weighted by molar-refractivity contribution is 6.34. The van der Waals surface area contributed by atoms with Crippen molar-refractivity contribution in [1.29, 1.82) is 0 Å². The van der Waals surface area contributed by atoms with E-state index in [-0.39, 0.29) is 24.3 Å². The lowest BCUT2D eigenvalue weighted by Crippen LogP contribution is -2.26. The van der Waals surface area contributed by atoms with Crippen molar-refractivity contribution in [2.24, 2.45) is 0 Å². The van der Waals surface area contributed by atoms with Crippen LogP contribution in [0.15, 0.2) is 73.8 Å². The highest BCUT2D eigenvalue weighted by atomic mass is 16.6. The number of hydrogen-bond donors (Lipinski definition) is 0. The average Bonchev–Trinajstić information content (AvgIpc) is 2.76. The van der Waals surface area contributed by atoms with Crippen molar-refractivity contribution < 1.29 is 38.1 Å². The van der Waals surface area contributed by atoms with Gasteiger partial charge in [-0.05, 0) is 48.5 Å². The summed E-state index contributed by atoms with van der Waals surface area (Å²) in [5.41, 5.74) is 0.00656. The molecule has 0 radical (unpaired) electrons. The Kier molecular flexibility index (Phi) is 8.07. The molecule has 0 atom stereocenters. The number of benzene rings is 2. The van der Waals surface area contributed by atoms with Gasteiger partial charge in [0.15, 0.2) is 0 Å². The Morgan fingerprint density at radius 3 is 1.27 bits per heavy atom. The summed E-state index contributed by atoms with van der Waals surface area (Å²) in [5.74, 6) is -4.45. The minimum Gasteiger partial charge on any atom is -0.490 e. The molecule has 2 aromatic carbocycles. The van der Waals surface area contributed by atoms with Gasteiger partial charge >= 0.3 is 23.9 Å². The summed E-state index contributed by atoms with van der Waals surface area (Å²) in [6.07, 6.45) is 3.11. The third-order valence-corrected chi connectivity index (χ3v) is 3.45. The molecular formula is C22H18O8. The maximum atomic E-state index is 12.0. The number of carbonyl (C=O) groups excluding carboxylic acids is 4. The Balaban J connectivity index is 1.89. The SMILES string of the molecule is C=CCOc1ccc(C(=O)OC(=O)C(=O)OC(=O)c2ccc(OCC=C)cc2)cc1. The van der Waals surface area contributed by atoms with Crippen molar-refractivity contribution in [2.75, 3.05) is 13.2 Å². The first-order valence-electron chi connectivity index (χ1n) is 8.64. The van der Waals surface area contributed by atoms with Crippen molar-refractivity contribution in [3.05, 3.63) is 85.0 Å². The van der Waals surface area contributed by atoms with Gasteiger partial charge < -0.3 is 18.9 Å². The van der Waals surface area contributed by atoms with Crippen LogP contribution in [-0.4, -0.2) is 37.1 Å². The Morgan fingerprint density at radius 2 is 0.967 bits per heavy atom. The van der Waals surface area contributed by atoms with Crippen LogP contribution in [0.25, 0.3) is 0 Å². The van der Waals surface area contributed by atoms with E-state index in [1.807, 2.05) is 0 Å². The van der Waals surface area contributed by atoms with Gasteiger partial charge in [0.1, 0.15) is 24.7 Å². The fourth-order valence-corrected chi connectivity index (χ4v) is 2.05. The molecule has 0 saturated carbocycles. The van der Waals surface area contributed by atoms with Crippen LogP contribution < -0.4 is 9.47 Å². The van der Waals surface area contributed by atoms with Gasteiger partial charge in [-0.1, -0.05) is 25.3 Å². The van der Waals surface area contributed by atoms with Gasteiger partial charge in [-0.3, -0.25) is 0 Å². The highest BCUT2D eigenvalue weighted by Crippen LogP contribution is 2.14. The van der Waals surface area contributed by atoms with Gasteiger partial charge in [0.05, 0.1) is 11.1 Å². The molecule has 8 nitrogen and oxygen atoms in total. The monoisotopic (exact) mass is 410 g/mol. The molecule has 8 heteroatoms. The van der Waals surface area contributed by atoms with Crippen LogP contribution in [0.3, 0.4) is 0 Å². The molecule has 30 heavy (non-hydrogen) atoms. The van der Waals surface area contributed by atoms with Crippen LogP contribution in [0.1, 0.15) is 20.7 Å². The first-order valence-corrected chi connectivity index (χ1v) is 8.64. The topological polar surface area (TPSA) is 105 Å². The fourth-order valence-electron chi connectivity index (χ4n) is 2.05. The van der Waals surface area contributed by atoms with Crippen LogP contribution in [-0.2, 0) is 19.1 Å². The van der Waals surface area contributed by atoms with Crippen molar-refractivity contribution >= 4 is 23.9 Å². The second-order valence-electron chi connectivity index (χ2n) is 5.60. The lowest BCUT2D eigenvalue weighted by atomic mass is 10.2. The first kappa shape index (κ1) is 22.1. The number of esters is 4. The largest absolute Gasteiger partial charge is 0.490 e. The second-order valence-corrected chi connectivity index (χ2v) is 5.60. The molecule has 0 heterocycles. The molecule has 0 spiro atoms. The van der Waals surface area contributed by atoms with E-state index < -0.39 is 23.9 Å². The maximum Gasteiger partial charge on any atom is 0.425 e. The second kappa shape index (κ2) is 11.0. The Morgan fingerprint density at radius 1 is 0.633 bits per heavy atom. The zero-order valence-corrected chi connectivity index (χ0v) is 15.9. The number of hydrogen-bond acceptors (Lipinski definition) is 8. The zero-order valence-electron chi connectivity index (χ0n) is 15.9. The fraction of sp³-hybridized carbons (Fsp3) is 0.0909. The third kappa shape index (κ3) is 6.45. The molecule has 2 aromatic rings. The van der Waals surface area contributed by atoms with Crippen LogP contribution >= 0.6 is 0 Å². The van der Waals surface area contributed by atoms with Gasteiger partial charge in [0.25, 0.3) is 0 Å². The predicted octanol–water partition coefficient (Wildman–Crippen LogP) is 2.88. The van der Waals surface area contributed by atoms with E-state index in [0.29, 0.717) is 11.5 Å². The number of rotatable bonds is 8. The molecule has 0 aromatic heterocycles. The van der Waals surface area contributed by atoms with E-state index >= 15 is 0 Å². The Bertz CT molecular complexity index is 863. The van der Waals surface area contributed by atoms with E-state index in [1.54, 1.807) is 12.2 Å². The van der Waals surface area contributed by atoms with Gasteiger partial charge in [0, 0.05) is 0 Å². The standard InChI is InChI=1S/C22H18O8/c1-3-13-27-17-9-5-15(6-10-17)19(23)29-21(25)22(26)30-20(24)16-7-11-18(12-8-16)28-14-4-2/h3-12H,1-2,13-14H2. The molecule has 0 amide bonds. The van der Waals surface area contributed by atoms with Gasteiger partial charge in [-0.15, -0.1) is 0 Å². The lowest BCUT2D eigenvalue weighted by Gasteiger charge is -2.06. The molecular weight excluding hydrogens is 392 g/mol. The number of carbonyl (C=O) groups is 4. The Labute approximate surface area is 172 Å². The minimum atomic E-state index is -1.62. The smallest absolute Gasteiger partial charge is 0.425 e. The van der Waals surface area contributed by atoms with Gasteiger partial charge in [-0.2, -0.15) is 0 Å². The molecule has 0 aliphatic carbocycles. The molecule has 0 fully saturated rings. The summed E-state index contributed by atoms with van der Waals surface area (Å²) in [6, 6.07) is 11.3. The van der Waals surface area contributed by atoms with Crippen molar-refractivity contribution in [1.82, 2.24) is 0 Å². The quantitative estimate of drug-likeness (QED) is 0.283. The molecule has 0 bridgehead atoms. The summed E-state index contributed by atoms with van der Waals surface area (Å²) in [7, 11) is 0. The van der Waals surface area contributed by atoms with Crippen molar-refractivity contribution in [2.45, 2.75) is 0 Å². The molecule has 2 rings (SSSR count). The summed E-state index contributed by atoms with van der Waals surface area (Å²) >= 11 is 0. The summed E-state index contributed by atoms with van der Waals surface area (Å²) < 4.78 is 19.4. The van der Waals surface area contributed by atoms with E-state index in [0.717, 1.165) is 0 Å². The normalized spacial score (nSPS) is 9.73. The van der Waals surface area contributed by atoms with Crippen LogP contribution in [0.4, 0.5) is 0 Å². The minimum absolute atomic E-state index is 0.00328. The van der Waals surface area contributed by atoms with E-state index in [4.69, 9.17) is 9.47 Å². The summed E-state index contributed by atoms with van der Waals surface area (Å²) in [6.45, 7) is 7.59. The third-order valence-electron chi connectivity index (χ3n) is 3.45. The Hall–Kier alpha value is -4.20. The van der Waals surface area contributed by atoms with E-state index in [2.05, 4.69) is 22.6 Å². The first-order chi connectivity index (χ1) is 14.4. The number of ether oxygens (including phenoxy) is 4. The summed E-state index contributed by atoms with van der Waals surface area (Å²) in [4.78, 5) is 47.4. The van der Waals surface area contributed by atoms with Crippen LogP contribution in [0.5, 0.6) is 11.5 Å². The average molecular weight is 410 g/mol. The van der Waals surface area contributed by atoms with Crippen LogP contribution in [0.2, 0.25) is 0 Å². The van der Waals surface area contributed by atoms with Crippen molar-refractivity contribution in [3.63, 3.8) is 0 Å². The van der Waals surface area contributed by atoms with E-state index in [9.17, 15) is 19.2 Å². The molecule has 0 saturated heterocycles. The van der Waals surface area contributed by atoms with Gasteiger partial charge in [-0.25, -0.2) is 19.2 Å². The molecule has 0 N–H and O–H groups in total. The highest BCUT2D eigenvalue weighted by Gasteiger charge is 2.25. The molecule has 0 aliphatic rings. The van der Waals surface area contributed by atoms with Gasteiger partial charge in [0.2, 0.25) is 0 Å². The zero-order chi connectivity index (χ0) is 21.9. The summed E-state index contributed by atoms with van der Waals surface area (Å²) in [5, 5.41) is 0. The van der Waals surface area contributed by atoms with Crippen LogP contribution in [0, 0.1) is 0 Å². The molecule has 0 unspecified atom stereocenters. The predicted molar refractivity (Wildman–Crippen MR) is 105 cm³/mol. The van der Waals surface area contributed by atoms with Crippen molar-refractivity contribution in [3.8, 4) is 11.5 Å². The molecule has 154 valence electrons. The lowest BCUT2D eigenvalue weighted by molar-refractivity contribution is -0.160.